The molecule has 0 bridgehead atoms. The topological polar surface area (TPSA) is 87.2 Å². The van der Waals surface area contributed by atoms with Gasteiger partial charge in [0.25, 0.3) is 11.8 Å². The Morgan fingerprint density at radius 3 is 2.00 bits per heavy atom. The predicted molar refractivity (Wildman–Crippen MR) is 133 cm³/mol. The van der Waals surface area contributed by atoms with Crippen LogP contribution in [-0.4, -0.2) is 80.7 Å². The summed E-state index contributed by atoms with van der Waals surface area (Å²) in [4.78, 5) is 29.5. The van der Waals surface area contributed by atoms with Crippen LogP contribution in [0.3, 0.4) is 0 Å². The van der Waals surface area contributed by atoms with Crippen molar-refractivity contribution in [3.8, 4) is 5.75 Å². The van der Waals surface area contributed by atoms with Crippen LogP contribution in [0.2, 0.25) is 0 Å². The lowest BCUT2D eigenvalue weighted by atomic mass is 9.96. The zero-order valence-corrected chi connectivity index (χ0v) is 21.2. The lowest BCUT2D eigenvalue weighted by Gasteiger charge is -2.35. The van der Waals surface area contributed by atoms with E-state index in [1.165, 1.54) is 16.4 Å². The molecule has 2 fully saturated rings. The molecule has 1 heterocycles. The Morgan fingerprint density at radius 1 is 0.857 bits per heavy atom. The lowest BCUT2D eigenvalue weighted by molar-refractivity contribution is 0.0535. The number of methoxy groups -OCH3 is 1. The van der Waals surface area contributed by atoms with Crippen molar-refractivity contribution in [3.05, 3.63) is 59.7 Å². The number of benzene rings is 2. The molecule has 0 aromatic heterocycles. The quantitative estimate of drug-likeness (QED) is 0.609. The summed E-state index contributed by atoms with van der Waals surface area (Å²) in [6, 6.07) is 13.3. The summed E-state index contributed by atoms with van der Waals surface area (Å²) < 4.78 is 32.8. The number of sulfonamides is 1. The van der Waals surface area contributed by atoms with Crippen LogP contribution in [0.1, 0.15) is 52.8 Å². The monoisotopic (exact) mass is 499 g/mol. The molecule has 0 atom stereocenters. The SMILES string of the molecule is COc1cccc(C(=O)N2CCN(C(=O)c3ccc(S(=O)(=O)N(C)C4CCCCC4)cc3)CC2)c1. The lowest BCUT2D eigenvalue weighted by Crippen LogP contribution is -2.50. The number of amides is 2. The molecule has 1 saturated heterocycles. The van der Waals surface area contributed by atoms with E-state index in [1.807, 2.05) is 0 Å². The average molecular weight is 500 g/mol. The minimum absolute atomic E-state index is 0.0334. The number of ether oxygens (including phenoxy) is 1. The van der Waals surface area contributed by atoms with Gasteiger partial charge < -0.3 is 14.5 Å². The molecule has 1 aliphatic heterocycles. The highest BCUT2D eigenvalue weighted by atomic mass is 32.2. The van der Waals surface area contributed by atoms with Gasteiger partial charge in [-0.3, -0.25) is 9.59 Å². The highest BCUT2D eigenvalue weighted by molar-refractivity contribution is 7.89. The molecule has 9 heteroatoms. The second-order valence-corrected chi connectivity index (χ2v) is 11.2. The molecule has 1 aliphatic carbocycles. The molecule has 2 aliphatic rings. The second kappa shape index (κ2) is 10.8. The van der Waals surface area contributed by atoms with Crippen molar-refractivity contribution in [2.45, 2.75) is 43.0 Å². The Kier molecular flexibility index (Phi) is 7.76. The first-order valence-electron chi connectivity index (χ1n) is 12.1. The first-order valence-corrected chi connectivity index (χ1v) is 13.6. The van der Waals surface area contributed by atoms with Gasteiger partial charge >= 0.3 is 0 Å². The Bertz CT molecular complexity index is 1150. The zero-order valence-electron chi connectivity index (χ0n) is 20.4. The van der Waals surface area contributed by atoms with E-state index in [1.54, 1.807) is 60.4 Å². The highest BCUT2D eigenvalue weighted by Crippen LogP contribution is 2.27. The molecule has 4 rings (SSSR count). The largest absolute Gasteiger partial charge is 0.497 e. The van der Waals surface area contributed by atoms with Crippen molar-refractivity contribution in [1.29, 1.82) is 0 Å². The smallest absolute Gasteiger partial charge is 0.254 e. The first-order chi connectivity index (χ1) is 16.8. The van der Waals surface area contributed by atoms with Gasteiger partial charge in [0, 0.05) is 50.4 Å². The number of carbonyl (C=O) groups is 2. The van der Waals surface area contributed by atoms with Crippen LogP contribution in [0, 0.1) is 0 Å². The molecular formula is C26H33N3O5S. The van der Waals surface area contributed by atoms with E-state index in [0.29, 0.717) is 43.1 Å². The van der Waals surface area contributed by atoms with E-state index in [2.05, 4.69) is 0 Å². The fraction of sp³-hybridized carbons (Fsp3) is 0.462. The van der Waals surface area contributed by atoms with Crippen LogP contribution in [-0.2, 0) is 10.0 Å². The molecule has 1 saturated carbocycles. The molecule has 0 spiro atoms. The summed E-state index contributed by atoms with van der Waals surface area (Å²) in [5.41, 5.74) is 0.996. The number of nitrogens with zero attached hydrogens (tertiary/aromatic N) is 3. The maximum atomic E-state index is 13.1. The average Bonchev–Trinajstić information content (AvgIpc) is 2.92. The summed E-state index contributed by atoms with van der Waals surface area (Å²) in [5.74, 6) is 0.371. The molecule has 35 heavy (non-hydrogen) atoms. The van der Waals surface area contributed by atoms with Crippen molar-refractivity contribution < 1.29 is 22.7 Å². The maximum Gasteiger partial charge on any atom is 0.254 e. The van der Waals surface area contributed by atoms with E-state index < -0.39 is 10.0 Å². The molecule has 8 nitrogen and oxygen atoms in total. The molecular weight excluding hydrogens is 466 g/mol. The number of carbonyl (C=O) groups excluding carboxylic acids is 2. The standard InChI is InChI=1S/C26H33N3O5S/c1-27(22-8-4-3-5-9-22)35(32,33)24-13-11-20(12-14-24)25(30)28-15-17-29(18-16-28)26(31)21-7-6-10-23(19-21)34-2/h6-7,10-14,19,22H,3-5,8-9,15-18H2,1-2H3. The van der Waals surface area contributed by atoms with Gasteiger partial charge in [0.1, 0.15) is 5.75 Å². The van der Waals surface area contributed by atoms with Crippen molar-refractivity contribution >= 4 is 21.8 Å². The number of hydrogen-bond acceptors (Lipinski definition) is 5. The van der Waals surface area contributed by atoms with E-state index in [9.17, 15) is 18.0 Å². The molecule has 2 aromatic rings. The Labute approximate surface area is 207 Å². The summed E-state index contributed by atoms with van der Waals surface area (Å²) in [5, 5.41) is 0. The van der Waals surface area contributed by atoms with Gasteiger partial charge in [-0.1, -0.05) is 25.3 Å². The summed E-state index contributed by atoms with van der Waals surface area (Å²) >= 11 is 0. The molecule has 0 N–H and O–H groups in total. The maximum absolute atomic E-state index is 13.1. The van der Waals surface area contributed by atoms with Crippen LogP contribution in [0.5, 0.6) is 5.75 Å². The van der Waals surface area contributed by atoms with Gasteiger partial charge in [0.2, 0.25) is 10.0 Å². The van der Waals surface area contributed by atoms with Gasteiger partial charge in [-0.15, -0.1) is 0 Å². The van der Waals surface area contributed by atoms with Gasteiger partial charge in [-0.25, -0.2) is 8.42 Å². The third kappa shape index (κ3) is 5.51. The molecule has 0 unspecified atom stereocenters. The van der Waals surface area contributed by atoms with E-state index in [-0.39, 0.29) is 22.8 Å². The van der Waals surface area contributed by atoms with Gasteiger partial charge in [-0.05, 0) is 55.3 Å². The van der Waals surface area contributed by atoms with Crippen molar-refractivity contribution in [3.63, 3.8) is 0 Å². The Hall–Kier alpha value is -2.91. The molecule has 2 aromatic carbocycles. The fourth-order valence-electron chi connectivity index (χ4n) is 4.81. The van der Waals surface area contributed by atoms with Crippen LogP contribution < -0.4 is 4.74 Å². The van der Waals surface area contributed by atoms with Crippen LogP contribution in [0.4, 0.5) is 0 Å². The second-order valence-electron chi connectivity index (χ2n) is 9.15. The Morgan fingerprint density at radius 2 is 1.43 bits per heavy atom. The normalized spacial score (nSPS) is 17.5. The van der Waals surface area contributed by atoms with Crippen LogP contribution in [0.15, 0.2) is 53.4 Å². The third-order valence-corrected chi connectivity index (χ3v) is 8.96. The van der Waals surface area contributed by atoms with Crippen LogP contribution >= 0.6 is 0 Å². The number of hydrogen-bond donors (Lipinski definition) is 0. The summed E-state index contributed by atoms with van der Waals surface area (Å²) in [6.45, 7) is 1.69. The Balaban J connectivity index is 1.36. The molecule has 188 valence electrons. The van der Waals surface area contributed by atoms with Crippen molar-refractivity contribution in [1.82, 2.24) is 14.1 Å². The summed E-state index contributed by atoms with van der Waals surface area (Å²) in [7, 11) is -0.389. The zero-order chi connectivity index (χ0) is 25.0. The van der Waals surface area contributed by atoms with E-state index in [4.69, 9.17) is 4.74 Å². The minimum Gasteiger partial charge on any atom is -0.497 e. The van der Waals surface area contributed by atoms with Crippen molar-refractivity contribution in [2.75, 3.05) is 40.3 Å². The van der Waals surface area contributed by atoms with E-state index >= 15 is 0 Å². The minimum atomic E-state index is -3.60. The third-order valence-electron chi connectivity index (χ3n) is 7.04. The number of piperazine rings is 1. The van der Waals surface area contributed by atoms with Gasteiger partial charge in [0.15, 0.2) is 0 Å². The van der Waals surface area contributed by atoms with Gasteiger partial charge in [0.05, 0.1) is 12.0 Å². The van der Waals surface area contributed by atoms with Gasteiger partial charge in [-0.2, -0.15) is 4.31 Å². The summed E-state index contributed by atoms with van der Waals surface area (Å²) in [6.07, 6.45) is 5.04. The predicted octanol–water partition coefficient (Wildman–Crippen LogP) is 3.25. The molecule has 0 radical (unpaired) electrons. The number of rotatable bonds is 6. The van der Waals surface area contributed by atoms with E-state index in [0.717, 1.165) is 32.1 Å². The fourth-order valence-corrected chi connectivity index (χ4v) is 6.23. The van der Waals surface area contributed by atoms with Crippen molar-refractivity contribution in [2.24, 2.45) is 0 Å². The molecule has 2 amide bonds. The highest BCUT2D eigenvalue weighted by Gasteiger charge is 2.30. The first kappa shape index (κ1) is 25.2. The van der Waals surface area contributed by atoms with Crippen LogP contribution in [0.25, 0.3) is 0 Å².